The van der Waals surface area contributed by atoms with Crippen molar-refractivity contribution >= 4 is 17.3 Å². The van der Waals surface area contributed by atoms with Crippen molar-refractivity contribution in [3.8, 4) is 6.07 Å². The summed E-state index contributed by atoms with van der Waals surface area (Å²) in [6.45, 7) is 0.384. The topological polar surface area (TPSA) is 68.2 Å². The van der Waals surface area contributed by atoms with E-state index in [1.807, 2.05) is 79.7 Å². The van der Waals surface area contributed by atoms with Crippen LogP contribution in [-0.4, -0.2) is 20.0 Å². The van der Waals surface area contributed by atoms with E-state index in [9.17, 15) is 10.1 Å². The maximum atomic E-state index is 12.1. The van der Waals surface area contributed by atoms with E-state index in [1.165, 1.54) is 6.20 Å². The van der Waals surface area contributed by atoms with Crippen LogP contribution in [0.1, 0.15) is 5.56 Å². The van der Waals surface area contributed by atoms with E-state index in [-0.39, 0.29) is 5.57 Å². The van der Waals surface area contributed by atoms with Gasteiger partial charge in [-0.15, -0.1) is 0 Å². The second-order valence-electron chi connectivity index (χ2n) is 5.43. The van der Waals surface area contributed by atoms with Gasteiger partial charge >= 0.3 is 0 Å². The number of benzene rings is 2. The zero-order chi connectivity index (χ0) is 17.4. The molecular weight excluding hydrogens is 300 g/mol. The Bertz CT molecular complexity index is 760. The first kappa shape index (κ1) is 17.1. The van der Waals surface area contributed by atoms with Gasteiger partial charge in [-0.1, -0.05) is 36.4 Å². The normalized spacial score (nSPS) is 10.6. The van der Waals surface area contributed by atoms with Crippen molar-refractivity contribution in [1.29, 1.82) is 5.26 Å². The Morgan fingerprint density at radius 2 is 1.92 bits per heavy atom. The van der Waals surface area contributed by atoms with Crippen LogP contribution in [0.15, 0.2) is 66.4 Å². The number of carbonyl (C=O) groups is 1. The van der Waals surface area contributed by atoms with E-state index in [0.29, 0.717) is 6.54 Å². The summed E-state index contributed by atoms with van der Waals surface area (Å²) in [5.74, 6) is -0.405. The molecule has 0 spiro atoms. The van der Waals surface area contributed by atoms with E-state index in [2.05, 4.69) is 10.6 Å². The number of nitriles is 1. The van der Waals surface area contributed by atoms with Crippen molar-refractivity contribution in [3.05, 3.63) is 71.9 Å². The smallest absolute Gasteiger partial charge is 0.263 e. The molecule has 0 saturated heterocycles. The van der Waals surface area contributed by atoms with E-state index >= 15 is 0 Å². The zero-order valence-corrected chi connectivity index (χ0v) is 13.8. The lowest BCUT2D eigenvalue weighted by Crippen LogP contribution is -2.24. The quantitative estimate of drug-likeness (QED) is 0.634. The summed E-state index contributed by atoms with van der Waals surface area (Å²) in [5, 5.41) is 14.9. The molecule has 0 bridgehead atoms. The third-order valence-electron chi connectivity index (χ3n) is 3.41. The van der Waals surface area contributed by atoms with Crippen molar-refractivity contribution in [1.82, 2.24) is 5.32 Å². The first-order valence-corrected chi connectivity index (χ1v) is 7.56. The van der Waals surface area contributed by atoms with Crippen LogP contribution in [0.5, 0.6) is 0 Å². The summed E-state index contributed by atoms with van der Waals surface area (Å²) in [6.07, 6.45) is 1.43. The highest BCUT2D eigenvalue weighted by molar-refractivity contribution is 5.97. The summed E-state index contributed by atoms with van der Waals surface area (Å²) < 4.78 is 0. The van der Waals surface area contributed by atoms with E-state index in [4.69, 9.17) is 0 Å². The zero-order valence-electron chi connectivity index (χ0n) is 13.8. The second kappa shape index (κ2) is 8.39. The van der Waals surface area contributed by atoms with Gasteiger partial charge in [0.05, 0.1) is 0 Å². The van der Waals surface area contributed by atoms with Crippen LogP contribution in [0.4, 0.5) is 11.4 Å². The average molecular weight is 320 g/mol. The highest BCUT2D eigenvalue weighted by Crippen LogP contribution is 2.17. The van der Waals surface area contributed by atoms with Gasteiger partial charge in [-0.25, -0.2) is 0 Å². The maximum absolute atomic E-state index is 12.1. The molecule has 0 aliphatic heterocycles. The molecule has 0 fully saturated rings. The molecule has 2 rings (SSSR count). The number of carbonyl (C=O) groups excluding carboxylic acids is 1. The predicted octanol–water partition coefficient (Wildman–Crippen LogP) is 2.89. The second-order valence-corrected chi connectivity index (χ2v) is 5.43. The predicted molar refractivity (Wildman–Crippen MR) is 96.4 cm³/mol. The maximum Gasteiger partial charge on any atom is 0.263 e. The number of nitrogens with zero attached hydrogens (tertiary/aromatic N) is 2. The van der Waals surface area contributed by atoms with E-state index < -0.39 is 5.91 Å². The summed E-state index contributed by atoms with van der Waals surface area (Å²) in [7, 11) is 3.90. The van der Waals surface area contributed by atoms with Gasteiger partial charge in [0, 0.05) is 38.2 Å². The highest BCUT2D eigenvalue weighted by Gasteiger charge is 2.08. The molecule has 0 aliphatic rings. The Kier molecular flexibility index (Phi) is 5.98. The van der Waals surface area contributed by atoms with Crippen LogP contribution in [0.2, 0.25) is 0 Å². The van der Waals surface area contributed by atoms with E-state index in [1.54, 1.807) is 0 Å². The lowest BCUT2D eigenvalue weighted by atomic mass is 10.2. The molecule has 2 N–H and O–H groups in total. The molecule has 0 unspecified atom stereocenters. The van der Waals surface area contributed by atoms with Crippen molar-refractivity contribution in [2.24, 2.45) is 0 Å². The monoisotopic (exact) mass is 320 g/mol. The molecule has 2 aromatic rings. The lowest BCUT2D eigenvalue weighted by molar-refractivity contribution is -0.117. The van der Waals surface area contributed by atoms with E-state index in [0.717, 1.165) is 16.9 Å². The molecule has 0 atom stereocenters. The third-order valence-corrected chi connectivity index (χ3v) is 3.41. The number of hydrogen-bond donors (Lipinski definition) is 2. The molecule has 0 aliphatic carbocycles. The molecular formula is C19H20N4O. The van der Waals surface area contributed by atoms with Gasteiger partial charge in [0.2, 0.25) is 0 Å². The van der Waals surface area contributed by atoms with Crippen LogP contribution in [-0.2, 0) is 11.3 Å². The largest absolute Gasteiger partial charge is 0.378 e. The number of rotatable bonds is 6. The minimum absolute atomic E-state index is 0.0289. The molecule has 1 amide bonds. The Hall–Kier alpha value is -3.26. The molecule has 5 heteroatoms. The Balaban J connectivity index is 1.99. The Morgan fingerprint density at radius 3 is 2.58 bits per heavy atom. The minimum atomic E-state index is -0.405. The fourth-order valence-corrected chi connectivity index (χ4v) is 2.05. The van der Waals surface area contributed by atoms with Gasteiger partial charge in [-0.3, -0.25) is 4.79 Å². The van der Waals surface area contributed by atoms with Gasteiger partial charge in [0.1, 0.15) is 11.6 Å². The number of hydrogen-bond acceptors (Lipinski definition) is 4. The van der Waals surface area contributed by atoms with Gasteiger partial charge in [-0.2, -0.15) is 5.26 Å². The summed E-state index contributed by atoms with van der Waals surface area (Å²) in [5.41, 5.74) is 2.85. The molecule has 0 saturated carbocycles. The highest BCUT2D eigenvalue weighted by atomic mass is 16.1. The van der Waals surface area contributed by atoms with Crippen LogP contribution in [0, 0.1) is 11.3 Å². The standard InChI is InChI=1S/C19H20N4O/c1-23(2)18-10-6-9-17(11-18)21-14-16(12-20)19(24)22-13-15-7-4-3-5-8-15/h3-11,14,21H,13H2,1-2H3,(H,22,24)/b16-14-. The Morgan fingerprint density at radius 1 is 1.17 bits per heavy atom. The average Bonchev–Trinajstić information content (AvgIpc) is 2.61. The first-order valence-electron chi connectivity index (χ1n) is 7.56. The summed E-state index contributed by atoms with van der Waals surface area (Å²) in [6, 6.07) is 19.2. The molecule has 0 radical (unpaired) electrons. The first-order chi connectivity index (χ1) is 11.6. The number of anilines is 2. The molecule has 5 nitrogen and oxygen atoms in total. The summed E-state index contributed by atoms with van der Waals surface area (Å²) >= 11 is 0. The van der Waals surface area contributed by atoms with Crippen LogP contribution in [0.3, 0.4) is 0 Å². The minimum Gasteiger partial charge on any atom is -0.378 e. The van der Waals surface area contributed by atoms with Gasteiger partial charge in [0.15, 0.2) is 0 Å². The molecule has 0 heterocycles. The third kappa shape index (κ3) is 4.89. The van der Waals surface area contributed by atoms with Gasteiger partial charge in [0.25, 0.3) is 5.91 Å². The lowest BCUT2D eigenvalue weighted by Gasteiger charge is -2.13. The molecule has 24 heavy (non-hydrogen) atoms. The van der Waals surface area contributed by atoms with Crippen molar-refractivity contribution in [2.45, 2.75) is 6.54 Å². The molecule has 2 aromatic carbocycles. The fraction of sp³-hybridized carbons (Fsp3) is 0.158. The van der Waals surface area contributed by atoms with Crippen LogP contribution in [0.25, 0.3) is 0 Å². The van der Waals surface area contributed by atoms with Gasteiger partial charge < -0.3 is 15.5 Å². The summed E-state index contributed by atoms with van der Waals surface area (Å²) in [4.78, 5) is 14.1. The number of nitrogens with one attached hydrogen (secondary N) is 2. The van der Waals surface area contributed by atoms with Crippen LogP contribution < -0.4 is 15.5 Å². The molecule has 0 aromatic heterocycles. The molecule has 122 valence electrons. The van der Waals surface area contributed by atoms with Crippen molar-refractivity contribution in [3.63, 3.8) is 0 Å². The SMILES string of the molecule is CN(C)c1cccc(N/C=C(/C#N)C(=O)NCc2ccccc2)c1. The Labute approximate surface area is 142 Å². The van der Waals surface area contributed by atoms with Crippen LogP contribution >= 0.6 is 0 Å². The van der Waals surface area contributed by atoms with Crippen molar-refractivity contribution in [2.75, 3.05) is 24.3 Å². The fourth-order valence-electron chi connectivity index (χ4n) is 2.05. The van der Waals surface area contributed by atoms with Gasteiger partial charge in [-0.05, 0) is 23.8 Å². The van der Waals surface area contributed by atoms with Crippen molar-refractivity contribution < 1.29 is 4.79 Å². The number of amides is 1.